The summed E-state index contributed by atoms with van der Waals surface area (Å²) in [6.45, 7) is 3.06. The fraction of sp³-hybridized carbons (Fsp3) is 0.556. The summed E-state index contributed by atoms with van der Waals surface area (Å²) < 4.78 is 2.11. The average Bonchev–Trinajstić information content (AvgIpc) is 3.45. The largest absolute Gasteiger partial charge is 0.505 e. The topological polar surface area (TPSA) is 54.6 Å². The quantitative estimate of drug-likeness (QED) is 0.144. The first-order valence-corrected chi connectivity index (χ1v) is 16.3. The van der Waals surface area contributed by atoms with E-state index in [9.17, 15) is 9.90 Å². The summed E-state index contributed by atoms with van der Waals surface area (Å²) in [6.07, 6.45) is 24.4. The highest BCUT2D eigenvalue weighted by atomic mass is 16.3. The lowest BCUT2D eigenvalue weighted by Crippen LogP contribution is -2.16. The zero-order valence-electron chi connectivity index (χ0n) is 24.8. The number of fused-ring (bicyclic) bond motifs is 2. The minimum absolute atomic E-state index is 0.104. The molecule has 1 aromatic heterocycles. The number of carbonyl (C=O) groups is 1. The molecule has 0 spiro atoms. The maximum Gasteiger partial charge on any atom is 0.215 e. The van der Waals surface area contributed by atoms with E-state index >= 15 is 0 Å². The van der Waals surface area contributed by atoms with Crippen LogP contribution in [0, 0.1) is 0 Å². The molecule has 0 atom stereocenters. The number of unbranched alkanes of at least 4 members (excludes halogenated alkanes) is 17. The molecule has 1 N–H and O–H groups in total. The molecule has 0 aliphatic carbocycles. The Hall–Kier alpha value is -2.88. The number of carbonyl (C=O) groups excluding carboxylic acids is 1. The Bertz CT molecular complexity index is 1240. The molecule has 0 saturated carbocycles. The molecule has 0 amide bonds. The summed E-state index contributed by atoms with van der Waals surface area (Å²) in [5, 5.41) is 11.9. The van der Waals surface area contributed by atoms with Crippen LogP contribution in [-0.4, -0.2) is 21.2 Å². The molecule has 2 heterocycles. The van der Waals surface area contributed by atoms with E-state index < -0.39 is 0 Å². The lowest BCUT2D eigenvalue weighted by atomic mass is 10.0. The van der Waals surface area contributed by atoms with E-state index in [2.05, 4.69) is 16.5 Å². The van der Waals surface area contributed by atoms with Gasteiger partial charge in [0.05, 0.1) is 11.2 Å². The van der Waals surface area contributed by atoms with Crippen LogP contribution in [0.2, 0.25) is 0 Å². The number of para-hydroxylation sites is 2. The smallest absolute Gasteiger partial charge is 0.215 e. The molecule has 216 valence electrons. The number of aryl methyl sites for hydroxylation is 1. The number of aromatic hydroxyl groups is 1. The number of ketones is 1. The Balaban J connectivity index is 1.13. The van der Waals surface area contributed by atoms with E-state index in [1.807, 2.05) is 48.5 Å². The number of Topliss-reactive ketones (excluding diaryl/α,β-unsaturated/α-hetero) is 1. The Morgan fingerprint density at radius 3 is 1.73 bits per heavy atom. The Labute approximate surface area is 241 Å². The molecule has 4 heteroatoms. The van der Waals surface area contributed by atoms with Gasteiger partial charge in [-0.1, -0.05) is 140 Å². The van der Waals surface area contributed by atoms with Gasteiger partial charge in [0.25, 0.3) is 0 Å². The van der Waals surface area contributed by atoms with Gasteiger partial charge < -0.3 is 9.67 Å². The molecule has 40 heavy (non-hydrogen) atoms. The third-order valence-electron chi connectivity index (χ3n) is 8.50. The van der Waals surface area contributed by atoms with Gasteiger partial charge in [-0.05, 0) is 30.7 Å². The molecular weight excluding hydrogens is 492 g/mol. The lowest BCUT2D eigenvalue weighted by molar-refractivity contribution is 0.106. The number of hydrogen-bond acceptors (Lipinski definition) is 3. The number of aromatic nitrogens is 1. The summed E-state index contributed by atoms with van der Waals surface area (Å²) in [4.78, 5) is 17.8. The predicted octanol–water partition coefficient (Wildman–Crippen LogP) is 10.7. The SMILES string of the molecule is CCCCCCCCCCCCCCCCCCCCn1c(C2=Nc3ccccc3C2=O)c(O)c2ccccc21. The van der Waals surface area contributed by atoms with Crippen molar-refractivity contribution in [1.82, 2.24) is 4.57 Å². The third-order valence-corrected chi connectivity index (χ3v) is 8.50. The maximum atomic E-state index is 13.2. The Morgan fingerprint density at radius 2 is 1.15 bits per heavy atom. The first-order chi connectivity index (χ1) is 19.7. The molecule has 4 rings (SSSR count). The highest BCUT2D eigenvalue weighted by Crippen LogP contribution is 2.37. The van der Waals surface area contributed by atoms with Gasteiger partial charge in [0.1, 0.15) is 11.4 Å². The van der Waals surface area contributed by atoms with Crippen LogP contribution in [0.5, 0.6) is 5.75 Å². The van der Waals surface area contributed by atoms with E-state index in [4.69, 9.17) is 0 Å². The summed E-state index contributed by atoms with van der Waals surface area (Å²) in [5.74, 6) is 0.0608. The second-order valence-corrected chi connectivity index (χ2v) is 11.7. The van der Waals surface area contributed by atoms with Crippen LogP contribution in [-0.2, 0) is 6.54 Å². The number of benzene rings is 2. The molecule has 0 fully saturated rings. The van der Waals surface area contributed by atoms with Crippen LogP contribution in [0.4, 0.5) is 5.69 Å². The number of aliphatic imine (C=N–C) groups is 1. The zero-order chi connectivity index (χ0) is 28.0. The highest BCUT2D eigenvalue weighted by Gasteiger charge is 2.31. The van der Waals surface area contributed by atoms with Gasteiger partial charge in [-0.3, -0.25) is 4.79 Å². The highest BCUT2D eigenvalue weighted by molar-refractivity contribution is 6.55. The molecule has 1 aliphatic rings. The van der Waals surface area contributed by atoms with Gasteiger partial charge in [0, 0.05) is 17.5 Å². The van der Waals surface area contributed by atoms with Crippen LogP contribution in [0.1, 0.15) is 139 Å². The van der Waals surface area contributed by atoms with Crippen molar-refractivity contribution in [3.63, 3.8) is 0 Å². The molecule has 0 bridgehead atoms. The number of rotatable bonds is 20. The molecule has 1 aliphatic heterocycles. The monoisotopic (exact) mass is 542 g/mol. The first kappa shape index (κ1) is 30.1. The van der Waals surface area contributed by atoms with Gasteiger partial charge in [0.2, 0.25) is 5.78 Å². The third kappa shape index (κ3) is 8.08. The summed E-state index contributed by atoms with van der Waals surface area (Å²) in [7, 11) is 0. The van der Waals surface area contributed by atoms with Crippen molar-refractivity contribution in [2.24, 2.45) is 4.99 Å². The van der Waals surface area contributed by atoms with Gasteiger partial charge in [-0.25, -0.2) is 4.99 Å². The zero-order valence-corrected chi connectivity index (χ0v) is 24.8. The summed E-state index contributed by atoms with van der Waals surface area (Å²) >= 11 is 0. The number of hydrogen-bond donors (Lipinski definition) is 1. The van der Waals surface area contributed by atoms with Crippen LogP contribution >= 0.6 is 0 Å². The van der Waals surface area contributed by atoms with Crippen molar-refractivity contribution >= 4 is 28.1 Å². The Kier molecular flexibility index (Phi) is 12.3. The van der Waals surface area contributed by atoms with E-state index in [1.54, 1.807) is 0 Å². The van der Waals surface area contributed by atoms with Gasteiger partial charge >= 0.3 is 0 Å². The summed E-state index contributed by atoms with van der Waals surface area (Å²) in [5.41, 5.74) is 3.19. The molecule has 0 unspecified atom stereocenters. The predicted molar refractivity (Wildman–Crippen MR) is 169 cm³/mol. The van der Waals surface area contributed by atoms with Crippen molar-refractivity contribution in [3.8, 4) is 5.75 Å². The lowest BCUT2D eigenvalue weighted by Gasteiger charge is -2.10. The fourth-order valence-electron chi connectivity index (χ4n) is 6.15. The van der Waals surface area contributed by atoms with Crippen LogP contribution in [0.3, 0.4) is 0 Å². The molecule has 4 nitrogen and oxygen atoms in total. The maximum absolute atomic E-state index is 13.2. The van der Waals surface area contributed by atoms with Gasteiger partial charge in [-0.2, -0.15) is 0 Å². The van der Waals surface area contributed by atoms with Crippen LogP contribution in [0.25, 0.3) is 10.9 Å². The second-order valence-electron chi connectivity index (χ2n) is 11.7. The van der Waals surface area contributed by atoms with Crippen LogP contribution in [0.15, 0.2) is 53.5 Å². The van der Waals surface area contributed by atoms with Crippen molar-refractivity contribution < 1.29 is 9.90 Å². The molecule has 3 aromatic rings. The fourth-order valence-corrected chi connectivity index (χ4v) is 6.15. The molecule has 0 saturated heterocycles. The van der Waals surface area contributed by atoms with Crippen molar-refractivity contribution in [2.75, 3.05) is 0 Å². The van der Waals surface area contributed by atoms with E-state index in [0.29, 0.717) is 22.7 Å². The first-order valence-electron chi connectivity index (χ1n) is 16.3. The van der Waals surface area contributed by atoms with E-state index in [-0.39, 0.29) is 11.5 Å². The standard InChI is InChI=1S/C36H50N2O2/c1-2-3-4-5-6-7-8-9-10-11-12-13-14-15-16-17-18-23-28-38-32-27-22-20-25-30(32)36(40)34(38)33-35(39)29-24-19-21-26-31(29)37-33/h19-22,24-27,40H,2-18,23,28H2,1H3. The average molecular weight is 543 g/mol. The second kappa shape index (κ2) is 16.4. The van der Waals surface area contributed by atoms with Crippen molar-refractivity contribution in [3.05, 3.63) is 59.8 Å². The Morgan fingerprint density at radius 1 is 0.650 bits per heavy atom. The van der Waals surface area contributed by atoms with Crippen molar-refractivity contribution in [1.29, 1.82) is 0 Å². The van der Waals surface area contributed by atoms with Crippen molar-refractivity contribution in [2.45, 2.75) is 129 Å². The summed E-state index contributed by atoms with van der Waals surface area (Å²) in [6, 6.07) is 15.3. The molecule has 0 radical (unpaired) electrons. The van der Waals surface area contributed by atoms with Gasteiger partial charge in [0.15, 0.2) is 5.75 Å². The number of nitrogens with zero attached hydrogens (tertiary/aromatic N) is 2. The molecular formula is C36H50N2O2. The minimum Gasteiger partial charge on any atom is -0.505 e. The minimum atomic E-state index is -0.104. The van der Waals surface area contributed by atoms with E-state index in [1.165, 1.54) is 103 Å². The van der Waals surface area contributed by atoms with Gasteiger partial charge in [-0.15, -0.1) is 0 Å². The van der Waals surface area contributed by atoms with E-state index in [0.717, 1.165) is 30.3 Å². The molecule has 2 aromatic carbocycles. The van der Waals surface area contributed by atoms with Crippen LogP contribution < -0.4 is 0 Å². The normalized spacial score (nSPS) is 12.8.